The number of hydrogen-bond donors (Lipinski definition) is 1. The van der Waals surface area contributed by atoms with Gasteiger partial charge in [-0.2, -0.15) is 24.9 Å². The standard InChI is InChI=1S/C7H12F3NO2S/c1-13-6(12)5(11)4-14-3-2-7(8,9)10/h5H,2-4,11H2,1H3. The fraction of sp³-hybridized carbons (Fsp3) is 0.857. The molecule has 3 nitrogen and oxygen atoms in total. The van der Waals surface area contributed by atoms with E-state index < -0.39 is 24.6 Å². The third-order valence-electron chi connectivity index (χ3n) is 1.33. The van der Waals surface area contributed by atoms with E-state index in [2.05, 4.69) is 4.74 Å². The number of esters is 1. The van der Waals surface area contributed by atoms with Crippen molar-refractivity contribution < 1.29 is 22.7 Å². The van der Waals surface area contributed by atoms with Crippen molar-refractivity contribution in [2.45, 2.75) is 18.6 Å². The molecule has 0 spiro atoms. The van der Waals surface area contributed by atoms with Crippen LogP contribution in [-0.2, 0) is 9.53 Å². The molecule has 0 saturated carbocycles. The number of rotatable bonds is 5. The first-order valence-electron chi connectivity index (χ1n) is 3.84. The summed E-state index contributed by atoms with van der Waals surface area (Å²) in [6.45, 7) is 0. The van der Waals surface area contributed by atoms with Crippen LogP contribution in [0.15, 0.2) is 0 Å². The normalized spacial score (nSPS) is 13.8. The maximum atomic E-state index is 11.7. The summed E-state index contributed by atoms with van der Waals surface area (Å²) < 4.78 is 39.3. The summed E-state index contributed by atoms with van der Waals surface area (Å²) in [5.74, 6) is -0.554. The molecule has 0 rings (SSSR count). The minimum atomic E-state index is -4.15. The summed E-state index contributed by atoms with van der Waals surface area (Å²) in [6.07, 6.45) is -5.02. The zero-order valence-electron chi connectivity index (χ0n) is 7.63. The number of methoxy groups -OCH3 is 1. The van der Waals surface area contributed by atoms with Gasteiger partial charge in [-0.15, -0.1) is 0 Å². The van der Waals surface area contributed by atoms with Gasteiger partial charge in [-0.1, -0.05) is 0 Å². The maximum absolute atomic E-state index is 11.7. The molecule has 1 atom stereocenters. The molecule has 0 aromatic carbocycles. The van der Waals surface area contributed by atoms with Gasteiger partial charge in [0.15, 0.2) is 0 Å². The molecule has 0 heterocycles. The molecule has 0 saturated heterocycles. The molecule has 84 valence electrons. The van der Waals surface area contributed by atoms with Crippen LogP contribution in [-0.4, -0.2) is 36.8 Å². The van der Waals surface area contributed by atoms with Crippen LogP contribution in [0.4, 0.5) is 13.2 Å². The lowest BCUT2D eigenvalue weighted by atomic mass is 10.4. The van der Waals surface area contributed by atoms with Crippen LogP contribution in [0.25, 0.3) is 0 Å². The predicted octanol–water partition coefficient (Wildman–Crippen LogP) is 1.17. The highest BCUT2D eigenvalue weighted by atomic mass is 32.2. The van der Waals surface area contributed by atoms with Crippen LogP contribution in [0.5, 0.6) is 0 Å². The Morgan fingerprint density at radius 1 is 1.57 bits per heavy atom. The first-order chi connectivity index (χ1) is 6.37. The van der Waals surface area contributed by atoms with Gasteiger partial charge >= 0.3 is 12.1 Å². The fourth-order valence-electron chi connectivity index (χ4n) is 0.618. The van der Waals surface area contributed by atoms with Gasteiger partial charge in [-0.3, -0.25) is 4.79 Å². The SMILES string of the molecule is COC(=O)C(N)CSCCC(F)(F)F. The highest BCUT2D eigenvalue weighted by Crippen LogP contribution is 2.22. The number of halogens is 3. The van der Waals surface area contributed by atoms with E-state index in [-0.39, 0.29) is 11.5 Å². The lowest BCUT2D eigenvalue weighted by molar-refractivity contribution is -0.141. The molecule has 0 bridgehead atoms. The number of ether oxygens (including phenoxy) is 1. The zero-order valence-corrected chi connectivity index (χ0v) is 8.45. The third kappa shape index (κ3) is 7.02. The van der Waals surface area contributed by atoms with E-state index in [1.165, 1.54) is 7.11 Å². The predicted molar refractivity (Wildman–Crippen MR) is 48.0 cm³/mol. The second-order valence-electron chi connectivity index (χ2n) is 2.57. The largest absolute Gasteiger partial charge is 0.468 e. The van der Waals surface area contributed by atoms with Crippen molar-refractivity contribution in [3.05, 3.63) is 0 Å². The van der Waals surface area contributed by atoms with E-state index in [4.69, 9.17) is 5.73 Å². The summed E-state index contributed by atoms with van der Waals surface area (Å²) in [4.78, 5) is 10.7. The minimum Gasteiger partial charge on any atom is -0.468 e. The Kier molecular flexibility index (Phi) is 5.94. The molecule has 0 fully saturated rings. The molecular weight excluding hydrogens is 219 g/mol. The molecule has 1 unspecified atom stereocenters. The van der Waals surface area contributed by atoms with Crippen molar-refractivity contribution in [1.29, 1.82) is 0 Å². The van der Waals surface area contributed by atoms with Crippen molar-refractivity contribution in [2.75, 3.05) is 18.6 Å². The van der Waals surface area contributed by atoms with Crippen molar-refractivity contribution in [3.63, 3.8) is 0 Å². The average Bonchev–Trinajstić information content (AvgIpc) is 2.09. The smallest absolute Gasteiger partial charge is 0.389 e. The summed E-state index contributed by atoms with van der Waals surface area (Å²) in [5, 5.41) is 0. The van der Waals surface area contributed by atoms with Gasteiger partial charge in [0, 0.05) is 11.5 Å². The number of carbonyl (C=O) groups excluding carboxylic acids is 1. The molecular formula is C7H12F3NO2S. The van der Waals surface area contributed by atoms with Gasteiger partial charge in [0.2, 0.25) is 0 Å². The fourth-order valence-corrected chi connectivity index (χ4v) is 1.55. The van der Waals surface area contributed by atoms with E-state index in [0.717, 1.165) is 11.8 Å². The molecule has 0 aliphatic carbocycles. The third-order valence-corrected chi connectivity index (χ3v) is 2.42. The Labute approximate surface area is 84.2 Å². The van der Waals surface area contributed by atoms with Crippen molar-refractivity contribution in [2.24, 2.45) is 5.73 Å². The Bertz CT molecular complexity index is 186. The number of alkyl halides is 3. The van der Waals surface area contributed by atoms with E-state index in [1.54, 1.807) is 0 Å². The monoisotopic (exact) mass is 231 g/mol. The van der Waals surface area contributed by atoms with Gasteiger partial charge in [-0.25, -0.2) is 0 Å². The Balaban J connectivity index is 3.50. The first kappa shape index (κ1) is 13.6. The Morgan fingerprint density at radius 2 is 2.14 bits per heavy atom. The molecule has 0 aromatic rings. The molecule has 0 radical (unpaired) electrons. The topological polar surface area (TPSA) is 52.3 Å². The first-order valence-corrected chi connectivity index (χ1v) is 5.00. The number of hydrogen-bond acceptors (Lipinski definition) is 4. The van der Waals surface area contributed by atoms with Crippen molar-refractivity contribution >= 4 is 17.7 Å². The lowest BCUT2D eigenvalue weighted by Gasteiger charge is -2.09. The van der Waals surface area contributed by atoms with Crippen LogP contribution < -0.4 is 5.73 Å². The summed E-state index contributed by atoms with van der Waals surface area (Å²) in [5.41, 5.74) is 5.30. The zero-order chi connectivity index (χ0) is 11.2. The van der Waals surface area contributed by atoms with Crippen molar-refractivity contribution in [1.82, 2.24) is 0 Å². The lowest BCUT2D eigenvalue weighted by Crippen LogP contribution is -2.34. The Hall–Kier alpha value is -0.430. The molecule has 2 N–H and O–H groups in total. The highest BCUT2D eigenvalue weighted by Gasteiger charge is 2.26. The van der Waals surface area contributed by atoms with Crippen LogP contribution in [0.3, 0.4) is 0 Å². The summed E-state index contributed by atoms with van der Waals surface area (Å²) in [6, 6.07) is -0.849. The Morgan fingerprint density at radius 3 is 2.57 bits per heavy atom. The second kappa shape index (κ2) is 6.13. The number of carbonyl (C=O) groups is 1. The second-order valence-corrected chi connectivity index (χ2v) is 3.72. The van der Waals surface area contributed by atoms with E-state index in [9.17, 15) is 18.0 Å². The number of nitrogens with two attached hydrogens (primary N) is 1. The van der Waals surface area contributed by atoms with E-state index in [1.807, 2.05) is 0 Å². The summed E-state index contributed by atoms with van der Waals surface area (Å²) in [7, 11) is 1.18. The van der Waals surface area contributed by atoms with Gasteiger partial charge in [0.1, 0.15) is 6.04 Å². The van der Waals surface area contributed by atoms with Gasteiger partial charge < -0.3 is 10.5 Å². The molecule has 0 amide bonds. The van der Waals surface area contributed by atoms with Crippen LogP contribution in [0.2, 0.25) is 0 Å². The summed E-state index contributed by atoms with van der Waals surface area (Å²) >= 11 is 0.986. The van der Waals surface area contributed by atoms with E-state index in [0.29, 0.717) is 0 Å². The molecule has 0 aliphatic heterocycles. The van der Waals surface area contributed by atoms with E-state index >= 15 is 0 Å². The van der Waals surface area contributed by atoms with Gasteiger partial charge in [-0.05, 0) is 0 Å². The van der Waals surface area contributed by atoms with Gasteiger partial charge in [0.25, 0.3) is 0 Å². The minimum absolute atomic E-state index is 0.0891. The average molecular weight is 231 g/mol. The maximum Gasteiger partial charge on any atom is 0.389 e. The van der Waals surface area contributed by atoms with Gasteiger partial charge in [0.05, 0.1) is 13.5 Å². The molecule has 0 aromatic heterocycles. The van der Waals surface area contributed by atoms with Crippen LogP contribution >= 0.6 is 11.8 Å². The number of thioether (sulfide) groups is 1. The van der Waals surface area contributed by atoms with Crippen molar-refractivity contribution in [3.8, 4) is 0 Å². The highest BCUT2D eigenvalue weighted by molar-refractivity contribution is 7.99. The molecule has 7 heteroatoms. The molecule has 14 heavy (non-hydrogen) atoms. The van der Waals surface area contributed by atoms with Crippen LogP contribution in [0.1, 0.15) is 6.42 Å². The molecule has 0 aliphatic rings. The van der Waals surface area contributed by atoms with Crippen LogP contribution in [0, 0.1) is 0 Å². The quantitative estimate of drug-likeness (QED) is 0.570.